The third-order valence-electron chi connectivity index (χ3n) is 2.82. The van der Waals surface area contributed by atoms with Gasteiger partial charge in [0.25, 0.3) is 0 Å². The Morgan fingerprint density at radius 1 is 1.42 bits per heavy atom. The molecule has 108 valence electrons. The van der Waals surface area contributed by atoms with E-state index in [1.807, 2.05) is 0 Å². The Morgan fingerprint density at radius 3 is 2.74 bits per heavy atom. The molecule has 0 saturated carbocycles. The van der Waals surface area contributed by atoms with Crippen LogP contribution >= 0.6 is 24.0 Å². The summed E-state index contributed by atoms with van der Waals surface area (Å²) < 4.78 is 31.6. The summed E-state index contributed by atoms with van der Waals surface area (Å²) in [4.78, 5) is 0.129. The average Bonchev–Trinajstić information content (AvgIpc) is 2.39. The largest absolute Gasteiger partial charge is 0.374 e. The maximum absolute atomic E-state index is 12.4. The Balaban J connectivity index is 0.00000180. The van der Waals surface area contributed by atoms with Gasteiger partial charge in [-0.25, -0.2) is 8.42 Å². The molecule has 19 heavy (non-hydrogen) atoms. The van der Waals surface area contributed by atoms with E-state index in [0.717, 1.165) is 0 Å². The molecule has 0 bridgehead atoms. The van der Waals surface area contributed by atoms with E-state index in [1.165, 1.54) is 10.4 Å². The second kappa shape index (κ2) is 6.88. The van der Waals surface area contributed by atoms with Gasteiger partial charge in [-0.15, -0.1) is 12.4 Å². The molecule has 1 aromatic carbocycles. The summed E-state index contributed by atoms with van der Waals surface area (Å²) >= 11 is 5.94. The Hall–Kier alpha value is -0.370. The molecule has 8 heteroatoms. The molecule has 0 aromatic heterocycles. The van der Waals surface area contributed by atoms with E-state index in [4.69, 9.17) is 22.1 Å². The first-order valence-electron chi connectivity index (χ1n) is 5.62. The molecule has 0 aliphatic carbocycles. The van der Waals surface area contributed by atoms with Crippen molar-refractivity contribution < 1.29 is 13.2 Å². The van der Waals surface area contributed by atoms with Gasteiger partial charge in [-0.3, -0.25) is 0 Å². The Morgan fingerprint density at radius 2 is 2.11 bits per heavy atom. The molecule has 1 aliphatic rings. The van der Waals surface area contributed by atoms with Crippen LogP contribution in [0.3, 0.4) is 0 Å². The van der Waals surface area contributed by atoms with E-state index in [9.17, 15) is 8.42 Å². The third-order valence-corrected chi connectivity index (χ3v) is 5.18. The number of halogens is 2. The fourth-order valence-corrected chi connectivity index (χ4v) is 3.80. The number of rotatable bonds is 3. The quantitative estimate of drug-likeness (QED) is 0.903. The summed E-state index contributed by atoms with van der Waals surface area (Å²) in [5.74, 6) is 0. The molecule has 1 unspecified atom stereocenters. The number of benzene rings is 1. The van der Waals surface area contributed by atoms with Gasteiger partial charge in [-0.05, 0) is 12.1 Å². The van der Waals surface area contributed by atoms with Crippen molar-refractivity contribution in [2.24, 2.45) is 5.73 Å². The van der Waals surface area contributed by atoms with Crippen LogP contribution in [0.5, 0.6) is 0 Å². The van der Waals surface area contributed by atoms with Gasteiger partial charge in [0.2, 0.25) is 10.0 Å². The van der Waals surface area contributed by atoms with Gasteiger partial charge >= 0.3 is 0 Å². The number of ether oxygens (including phenoxy) is 1. The van der Waals surface area contributed by atoms with Crippen molar-refractivity contribution in [1.82, 2.24) is 4.31 Å². The fraction of sp³-hybridized carbons (Fsp3) is 0.455. The second-order valence-electron chi connectivity index (χ2n) is 4.02. The molecule has 0 radical (unpaired) electrons. The van der Waals surface area contributed by atoms with Crippen LogP contribution < -0.4 is 5.73 Å². The van der Waals surface area contributed by atoms with Crippen LogP contribution in [0.1, 0.15) is 0 Å². The van der Waals surface area contributed by atoms with Crippen molar-refractivity contribution in [3.8, 4) is 0 Å². The predicted molar refractivity (Wildman–Crippen MR) is 76.3 cm³/mol. The lowest BCUT2D eigenvalue weighted by atomic mass is 10.3. The predicted octanol–water partition coefficient (Wildman–Crippen LogP) is 1.11. The summed E-state index contributed by atoms with van der Waals surface area (Å²) in [6, 6.07) is 6.42. The first-order chi connectivity index (χ1) is 8.55. The number of sulfonamides is 1. The van der Waals surface area contributed by atoms with Crippen LogP contribution in [0.25, 0.3) is 0 Å². The molecule has 1 heterocycles. The van der Waals surface area contributed by atoms with Crippen molar-refractivity contribution in [3.63, 3.8) is 0 Å². The first-order valence-corrected chi connectivity index (χ1v) is 7.44. The lowest BCUT2D eigenvalue weighted by Gasteiger charge is -2.31. The Labute approximate surface area is 124 Å². The smallest absolute Gasteiger partial charge is 0.244 e. The van der Waals surface area contributed by atoms with Crippen LogP contribution in [0, 0.1) is 0 Å². The number of hydrogen-bond donors (Lipinski definition) is 1. The van der Waals surface area contributed by atoms with Crippen molar-refractivity contribution in [3.05, 3.63) is 29.3 Å². The molecule has 2 N–H and O–H groups in total. The molecule has 1 saturated heterocycles. The fourth-order valence-electron chi connectivity index (χ4n) is 1.85. The zero-order valence-electron chi connectivity index (χ0n) is 10.2. The van der Waals surface area contributed by atoms with Gasteiger partial charge in [0, 0.05) is 19.6 Å². The maximum atomic E-state index is 12.4. The highest BCUT2D eigenvalue weighted by Gasteiger charge is 2.31. The molecule has 0 amide bonds. The van der Waals surface area contributed by atoms with Gasteiger partial charge in [0.05, 0.1) is 17.7 Å². The van der Waals surface area contributed by atoms with Gasteiger partial charge in [-0.2, -0.15) is 4.31 Å². The summed E-state index contributed by atoms with van der Waals surface area (Å²) in [5.41, 5.74) is 5.50. The summed E-state index contributed by atoms with van der Waals surface area (Å²) in [6.07, 6.45) is -0.254. The maximum Gasteiger partial charge on any atom is 0.244 e. The first kappa shape index (κ1) is 16.7. The molecular weight excluding hydrogens is 311 g/mol. The lowest BCUT2D eigenvalue weighted by molar-refractivity contribution is 0.00451. The van der Waals surface area contributed by atoms with Crippen molar-refractivity contribution in [2.45, 2.75) is 11.0 Å². The normalized spacial score (nSPS) is 20.8. The Kier molecular flexibility index (Phi) is 6.04. The zero-order valence-corrected chi connectivity index (χ0v) is 12.5. The molecule has 1 aliphatic heterocycles. The highest BCUT2D eigenvalue weighted by Crippen LogP contribution is 2.25. The highest BCUT2D eigenvalue weighted by atomic mass is 35.5. The second-order valence-corrected chi connectivity index (χ2v) is 6.34. The van der Waals surface area contributed by atoms with Crippen LogP contribution in [0.2, 0.25) is 5.02 Å². The minimum atomic E-state index is -3.57. The van der Waals surface area contributed by atoms with Crippen molar-refractivity contribution >= 4 is 34.0 Å². The van der Waals surface area contributed by atoms with Crippen LogP contribution in [-0.2, 0) is 14.8 Å². The summed E-state index contributed by atoms with van der Waals surface area (Å²) in [7, 11) is -3.57. The Bertz CT molecular complexity index is 524. The van der Waals surface area contributed by atoms with E-state index < -0.39 is 10.0 Å². The molecule has 1 aromatic rings. The van der Waals surface area contributed by atoms with E-state index in [2.05, 4.69) is 0 Å². The van der Waals surface area contributed by atoms with E-state index in [1.54, 1.807) is 18.2 Å². The standard InChI is InChI=1S/C11H15ClN2O3S.ClH/c12-10-3-1-2-4-11(10)18(15,16)14-5-6-17-9(7-13)8-14;/h1-4,9H,5-8,13H2;1H. The molecule has 5 nitrogen and oxygen atoms in total. The highest BCUT2D eigenvalue weighted by molar-refractivity contribution is 7.89. The lowest BCUT2D eigenvalue weighted by Crippen LogP contribution is -2.48. The minimum Gasteiger partial charge on any atom is -0.374 e. The molecule has 1 atom stereocenters. The van der Waals surface area contributed by atoms with Gasteiger partial charge < -0.3 is 10.5 Å². The SMILES string of the molecule is Cl.NCC1CN(S(=O)(=O)c2ccccc2Cl)CCO1. The summed E-state index contributed by atoms with van der Waals surface area (Å²) in [6.45, 7) is 1.24. The van der Waals surface area contributed by atoms with Crippen molar-refractivity contribution in [1.29, 1.82) is 0 Å². The number of nitrogens with zero attached hydrogens (tertiary/aromatic N) is 1. The molecule has 0 spiro atoms. The van der Waals surface area contributed by atoms with Gasteiger partial charge in [-0.1, -0.05) is 23.7 Å². The number of hydrogen-bond acceptors (Lipinski definition) is 4. The van der Waals surface area contributed by atoms with Crippen LogP contribution in [-0.4, -0.2) is 45.1 Å². The van der Waals surface area contributed by atoms with Crippen LogP contribution in [0.15, 0.2) is 29.2 Å². The topological polar surface area (TPSA) is 72.6 Å². The molecule has 1 fully saturated rings. The van der Waals surface area contributed by atoms with Gasteiger partial charge in [0.15, 0.2) is 0 Å². The monoisotopic (exact) mass is 326 g/mol. The van der Waals surface area contributed by atoms with Gasteiger partial charge in [0.1, 0.15) is 4.90 Å². The minimum absolute atomic E-state index is 0. The zero-order chi connectivity index (χ0) is 13.2. The molecular formula is C11H16Cl2N2O3S. The van der Waals surface area contributed by atoms with E-state index >= 15 is 0 Å². The van der Waals surface area contributed by atoms with Crippen LogP contribution in [0.4, 0.5) is 0 Å². The van der Waals surface area contributed by atoms with Crippen molar-refractivity contribution in [2.75, 3.05) is 26.2 Å². The average molecular weight is 327 g/mol. The molecule has 2 rings (SSSR count). The number of nitrogens with two attached hydrogens (primary N) is 1. The van der Waals surface area contributed by atoms with E-state index in [0.29, 0.717) is 19.7 Å². The number of morpholine rings is 1. The van der Waals surface area contributed by atoms with E-state index in [-0.39, 0.29) is 35.0 Å². The third kappa shape index (κ3) is 3.59. The summed E-state index contributed by atoms with van der Waals surface area (Å²) in [5, 5.41) is 0.230.